The van der Waals surface area contributed by atoms with Crippen LogP contribution < -0.4 is 0 Å². The molecule has 33 heavy (non-hydrogen) atoms. The number of alkyl halides is 1. The van der Waals surface area contributed by atoms with E-state index in [1.165, 1.54) is 52.4 Å². The van der Waals surface area contributed by atoms with Crippen molar-refractivity contribution < 1.29 is 42.5 Å². The molecule has 9 heteroatoms. The van der Waals surface area contributed by atoms with Crippen molar-refractivity contribution in [2.45, 2.75) is 123 Å². The maximum atomic E-state index is 14.7. The van der Waals surface area contributed by atoms with E-state index in [2.05, 4.69) is 6.92 Å². The minimum atomic E-state index is -2.01. The average Bonchev–Trinajstić information content (AvgIpc) is 2.73. The van der Waals surface area contributed by atoms with Gasteiger partial charge in [-0.2, -0.15) is 0 Å². The van der Waals surface area contributed by atoms with Gasteiger partial charge in [-0.15, -0.1) is 0 Å². The smallest absolute Gasteiger partial charge is 0.303 e. The SMILES string of the molecule is CCCCCCCCCCCCO[C@@H]1[C@@H](OC(C)=O)[C@@H](F)O[C@H](COC(C)=O)[C@H]1OC(C)=O. The Morgan fingerprint density at radius 3 is 1.76 bits per heavy atom. The predicted molar refractivity (Wildman–Crippen MR) is 119 cm³/mol. The average molecular weight is 477 g/mol. The molecular weight excluding hydrogens is 435 g/mol. The van der Waals surface area contributed by atoms with Crippen LogP contribution in [-0.4, -0.2) is 61.9 Å². The molecule has 1 fully saturated rings. The first kappa shape index (κ1) is 29.3. The van der Waals surface area contributed by atoms with Gasteiger partial charge in [0.2, 0.25) is 6.36 Å². The van der Waals surface area contributed by atoms with Crippen LogP contribution in [0.3, 0.4) is 0 Å². The minimum Gasteiger partial charge on any atom is -0.463 e. The molecule has 0 aliphatic carbocycles. The molecule has 0 aromatic rings. The summed E-state index contributed by atoms with van der Waals surface area (Å²) >= 11 is 0. The first-order chi connectivity index (χ1) is 15.8. The van der Waals surface area contributed by atoms with Crippen molar-refractivity contribution in [2.75, 3.05) is 13.2 Å². The van der Waals surface area contributed by atoms with Crippen LogP contribution in [0.4, 0.5) is 4.39 Å². The fraction of sp³-hybridized carbons (Fsp3) is 0.875. The molecule has 1 saturated heterocycles. The summed E-state index contributed by atoms with van der Waals surface area (Å²) in [6, 6.07) is 0. The Hall–Kier alpha value is -1.74. The van der Waals surface area contributed by atoms with Crippen LogP contribution in [0.15, 0.2) is 0 Å². The van der Waals surface area contributed by atoms with E-state index in [4.69, 9.17) is 23.7 Å². The van der Waals surface area contributed by atoms with Crippen molar-refractivity contribution in [3.63, 3.8) is 0 Å². The Balaban J connectivity index is 2.61. The number of esters is 3. The number of ether oxygens (including phenoxy) is 5. The van der Waals surface area contributed by atoms with Gasteiger partial charge in [-0.3, -0.25) is 14.4 Å². The molecule has 1 aliphatic heterocycles. The third-order valence-electron chi connectivity index (χ3n) is 5.44. The third kappa shape index (κ3) is 12.3. The maximum absolute atomic E-state index is 14.7. The highest BCUT2D eigenvalue weighted by Crippen LogP contribution is 2.30. The topological polar surface area (TPSA) is 97.4 Å². The van der Waals surface area contributed by atoms with E-state index >= 15 is 0 Å². The molecule has 0 unspecified atom stereocenters. The standard InChI is InChI=1S/C24H41FO8/c1-5-6-7-8-9-10-11-12-13-14-15-29-22-21(31-18(3)27)20(16-30-17(2)26)33-24(25)23(22)32-19(4)28/h20-24H,5-16H2,1-4H3/t20-,21-,22+,23-,24+/m1/s1. The number of halogens is 1. The lowest BCUT2D eigenvalue weighted by Gasteiger charge is -2.42. The Labute approximate surface area is 196 Å². The first-order valence-electron chi connectivity index (χ1n) is 12.1. The predicted octanol–water partition coefficient (Wildman–Crippen LogP) is 4.41. The van der Waals surface area contributed by atoms with Crippen molar-refractivity contribution in [1.82, 2.24) is 0 Å². The maximum Gasteiger partial charge on any atom is 0.303 e. The molecule has 0 N–H and O–H groups in total. The van der Waals surface area contributed by atoms with Crippen molar-refractivity contribution >= 4 is 17.9 Å². The minimum absolute atomic E-state index is 0.281. The van der Waals surface area contributed by atoms with Crippen molar-refractivity contribution in [1.29, 1.82) is 0 Å². The molecule has 0 saturated carbocycles. The van der Waals surface area contributed by atoms with Crippen LogP contribution in [0, 0.1) is 0 Å². The lowest BCUT2D eigenvalue weighted by molar-refractivity contribution is -0.281. The second kappa shape index (κ2) is 16.8. The Kier molecular flexibility index (Phi) is 14.9. The zero-order valence-electron chi connectivity index (χ0n) is 20.5. The summed E-state index contributed by atoms with van der Waals surface area (Å²) in [4.78, 5) is 34.4. The molecule has 1 rings (SSSR count). The van der Waals surface area contributed by atoms with E-state index in [0.29, 0.717) is 0 Å². The summed E-state index contributed by atoms with van der Waals surface area (Å²) in [6.45, 7) is 5.72. The number of carbonyl (C=O) groups is 3. The van der Waals surface area contributed by atoms with Crippen molar-refractivity contribution in [2.24, 2.45) is 0 Å². The highest BCUT2D eigenvalue weighted by atomic mass is 19.1. The van der Waals surface area contributed by atoms with Gasteiger partial charge in [0.15, 0.2) is 12.2 Å². The largest absolute Gasteiger partial charge is 0.463 e. The lowest BCUT2D eigenvalue weighted by Crippen LogP contribution is -2.61. The number of rotatable bonds is 16. The number of unbranched alkanes of at least 4 members (excludes halogenated alkanes) is 9. The van der Waals surface area contributed by atoms with E-state index in [9.17, 15) is 18.8 Å². The summed E-state index contributed by atoms with van der Waals surface area (Å²) < 4.78 is 41.1. The zero-order valence-corrected chi connectivity index (χ0v) is 20.5. The van der Waals surface area contributed by atoms with Crippen LogP contribution in [0.2, 0.25) is 0 Å². The van der Waals surface area contributed by atoms with Gasteiger partial charge in [0.1, 0.15) is 18.8 Å². The van der Waals surface area contributed by atoms with Gasteiger partial charge in [0, 0.05) is 27.4 Å². The summed E-state index contributed by atoms with van der Waals surface area (Å²) in [5, 5.41) is 0. The lowest BCUT2D eigenvalue weighted by atomic mass is 9.98. The fourth-order valence-corrected chi connectivity index (χ4v) is 3.85. The summed E-state index contributed by atoms with van der Waals surface area (Å²) in [6.07, 6.45) is 4.85. The van der Waals surface area contributed by atoms with Crippen LogP contribution in [0.5, 0.6) is 0 Å². The first-order valence-corrected chi connectivity index (χ1v) is 12.1. The molecular formula is C24H41FO8. The van der Waals surface area contributed by atoms with E-state index in [0.717, 1.165) is 32.6 Å². The third-order valence-corrected chi connectivity index (χ3v) is 5.44. The van der Waals surface area contributed by atoms with E-state index in [1.807, 2.05) is 0 Å². The second-order valence-electron chi connectivity index (χ2n) is 8.49. The normalized spacial score (nSPS) is 24.8. The van der Waals surface area contributed by atoms with Gasteiger partial charge in [-0.05, 0) is 6.42 Å². The molecule has 1 heterocycles. The summed E-state index contributed by atoms with van der Waals surface area (Å²) in [7, 11) is 0. The molecule has 1 aliphatic rings. The van der Waals surface area contributed by atoms with Gasteiger partial charge >= 0.3 is 17.9 Å². The van der Waals surface area contributed by atoms with Crippen LogP contribution >= 0.6 is 0 Å². The van der Waals surface area contributed by atoms with Crippen molar-refractivity contribution in [3.05, 3.63) is 0 Å². The monoisotopic (exact) mass is 476 g/mol. The Morgan fingerprint density at radius 1 is 0.727 bits per heavy atom. The molecule has 5 atom stereocenters. The Morgan fingerprint density at radius 2 is 1.24 bits per heavy atom. The Bertz CT molecular complexity index is 585. The van der Waals surface area contributed by atoms with Crippen LogP contribution in [0.1, 0.15) is 91.9 Å². The van der Waals surface area contributed by atoms with Crippen LogP contribution in [-0.2, 0) is 38.1 Å². The number of hydrogen-bond acceptors (Lipinski definition) is 8. The molecule has 0 aromatic carbocycles. The van der Waals surface area contributed by atoms with E-state index in [1.54, 1.807) is 0 Å². The summed E-state index contributed by atoms with van der Waals surface area (Å²) in [5.41, 5.74) is 0. The molecule has 0 bridgehead atoms. The van der Waals surface area contributed by atoms with Gasteiger partial charge in [-0.1, -0.05) is 64.7 Å². The van der Waals surface area contributed by atoms with Gasteiger partial charge < -0.3 is 23.7 Å². The van der Waals surface area contributed by atoms with Gasteiger partial charge in [-0.25, -0.2) is 4.39 Å². The second-order valence-corrected chi connectivity index (χ2v) is 8.49. The van der Waals surface area contributed by atoms with Crippen molar-refractivity contribution in [3.8, 4) is 0 Å². The zero-order chi connectivity index (χ0) is 24.6. The van der Waals surface area contributed by atoms with Gasteiger partial charge in [0.25, 0.3) is 0 Å². The highest BCUT2D eigenvalue weighted by Gasteiger charge is 2.51. The van der Waals surface area contributed by atoms with Crippen LogP contribution in [0.25, 0.3) is 0 Å². The van der Waals surface area contributed by atoms with E-state index in [-0.39, 0.29) is 13.2 Å². The summed E-state index contributed by atoms with van der Waals surface area (Å²) in [5.74, 6) is -1.93. The highest BCUT2D eigenvalue weighted by molar-refractivity contribution is 5.67. The number of carbonyl (C=O) groups excluding carboxylic acids is 3. The number of hydrogen-bond donors (Lipinski definition) is 0. The molecule has 0 aromatic heterocycles. The molecule has 0 radical (unpaired) electrons. The molecule has 8 nitrogen and oxygen atoms in total. The fourth-order valence-electron chi connectivity index (χ4n) is 3.85. The quantitative estimate of drug-likeness (QED) is 0.184. The van der Waals surface area contributed by atoms with Gasteiger partial charge in [0.05, 0.1) is 0 Å². The molecule has 0 amide bonds. The molecule has 0 spiro atoms. The van der Waals surface area contributed by atoms with E-state index < -0.39 is 48.7 Å². The molecule has 192 valence electrons.